The van der Waals surface area contributed by atoms with Gasteiger partial charge in [-0.25, -0.2) is 4.68 Å². The summed E-state index contributed by atoms with van der Waals surface area (Å²) in [5.74, 6) is 0. The summed E-state index contributed by atoms with van der Waals surface area (Å²) in [4.78, 5) is 12.7. The first kappa shape index (κ1) is 14.2. The van der Waals surface area contributed by atoms with Gasteiger partial charge in [0, 0.05) is 32.4 Å². The summed E-state index contributed by atoms with van der Waals surface area (Å²) < 4.78 is 5.28. The largest absolute Gasteiger partial charge is 0.375 e. The predicted molar refractivity (Wildman–Crippen MR) is 86.3 cm³/mol. The number of aryl methyl sites for hydroxylation is 1. The van der Waals surface area contributed by atoms with Gasteiger partial charge in [-0.05, 0) is 19.1 Å². The van der Waals surface area contributed by atoms with Gasteiger partial charge in [0.05, 0.1) is 17.6 Å². The number of anilines is 1. The van der Waals surface area contributed by atoms with Crippen molar-refractivity contribution in [2.75, 3.05) is 5.32 Å². The molecule has 0 spiro atoms. The zero-order valence-corrected chi connectivity index (χ0v) is 12.9. The molecule has 0 saturated heterocycles. The van der Waals surface area contributed by atoms with Gasteiger partial charge in [-0.1, -0.05) is 18.2 Å². The van der Waals surface area contributed by atoms with Gasteiger partial charge >= 0.3 is 0 Å². The van der Waals surface area contributed by atoms with Crippen LogP contribution in [0.25, 0.3) is 5.69 Å². The first-order chi connectivity index (χ1) is 10.6. The van der Waals surface area contributed by atoms with E-state index in [1.165, 1.54) is 0 Å². The van der Waals surface area contributed by atoms with Crippen molar-refractivity contribution in [2.45, 2.75) is 13.5 Å². The average Bonchev–Trinajstić information content (AvgIpc) is 3.02. The van der Waals surface area contributed by atoms with Crippen molar-refractivity contribution >= 4 is 5.69 Å². The number of nitrogens with one attached hydrogen (secondary N) is 1. The molecule has 0 saturated carbocycles. The van der Waals surface area contributed by atoms with E-state index in [9.17, 15) is 4.79 Å². The molecule has 0 aliphatic carbocycles. The summed E-state index contributed by atoms with van der Waals surface area (Å²) in [5.41, 5.74) is 3.37. The maximum atomic E-state index is 12.7. The molecule has 0 bridgehead atoms. The number of hydrogen-bond acceptors (Lipinski definition) is 3. The highest BCUT2D eigenvalue weighted by molar-refractivity contribution is 5.49. The van der Waals surface area contributed by atoms with Gasteiger partial charge in [-0.15, -0.1) is 0 Å². The number of hydrogen-bond donors (Lipinski definition) is 1. The number of benzene rings is 1. The van der Waals surface area contributed by atoms with E-state index in [0.717, 1.165) is 16.9 Å². The molecule has 2 aromatic heterocycles. The van der Waals surface area contributed by atoms with Crippen LogP contribution in [0.1, 0.15) is 11.3 Å². The summed E-state index contributed by atoms with van der Waals surface area (Å²) in [5, 5.41) is 7.37. The molecule has 0 amide bonds. The van der Waals surface area contributed by atoms with E-state index in [4.69, 9.17) is 0 Å². The van der Waals surface area contributed by atoms with Crippen LogP contribution in [0.4, 0.5) is 5.69 Å². The van der Waals surface area contributed by atoms with Crippen LogP contribution >= 0.6 is 0 Å². The summed E-state index contributed by atoms with van der Waals surface area (Å²) >= 11 is 0. The van der Waals surface area contributed by atoms with E-state index < -0.39 is 0 Å². The molecule has 114 valence electrons. The normalized spacial score (nSPS) is 10.9. The number of rotatable bonds is 4. The molecule has 0 fully saturated rings. The molecule has 0 radical (unpaired) electrons. The van der Waals surface area contributed by atoms with E-state index in [1.54, 1.807) is 15.6 Å². The van der Waals surface area contributed by atoms with Crippen molar-refractivity contribution in [3.05, 3.63) is 64.3 Å². The molecular formula is C16H19N5O. The Morgan fingerprint density at radius 2 is 1.91 bits per heavy atom. The van der Waals surface area contributed by atoms with Crippen molar-refractivity contribution in [1.82, 2.24) is 19.1 Å². The summed E-state index contributed by atoms with van der Waals surface area (Å²) in [6.07, 6.45) is 3.72. The second-order valence-corrected chi connectivity index (χ2v) is 5.31. The van der Waals surface area contributed by atoms with Crippen LogP contribution in [0.5, 0.6) is 0 Å². The summed E-state index contributed by atoms with van der Waals surface area (Å²) in [7, 11) is 3.76. The standard InChI is InChI=1S/C16H19N5O/c1-12-15(17-9-13-10-18-19(2)11-13)16(22)21(20(12)3)14-7-5-4-6-8-14/h4-8,10-11,17H,9H2,1-3H3. The Morgan fingerprint density at radius 3 is 2.55 bits per heavy atom. The zero-order chi connectivity index (χ0) is 15.7. The van der Waals surface area contributed by atoms with E-state index in [-0.39, 0.29) is 5.56 Å². The van der Waals surface area contributed by atoms with Gasteiger partial charge < -0.3 is 5.32 Å². The lowest BCUT2D eigenvalue weighted by Gasteiger charge is -2.07. The average molecular weight is 297 g/mol. The van der Waals surface area contributed by atoms with Crippen LogP contribution in [0.3, 0.4) is 0 Å². The van der Waals surface area contributed by atoms with Crippen LogP contribution in [0.2, 0.25) is 0 Å². The van der Waals surface area contributed by atoms with Crippen molar-refractivity contribution in [1.29, 1.82) is 0 Å². The Hall–Kier alpha value is -2.76. The first-order valence-electron chi connectivity index (χ1n) is 7.13. The predicted octanol–water partition coefficient (Wildman–Crippen LogP) is 1.83. The van der Waals surface area contributed by atoms with E-state index >= 15 is 0 Å². The molecule has 0 aliphatic heterocycles. The zero-order valence-electron chi connectivity index (χ0n) is 12.9. The van der Waals surface area contributed by atoms with Crippen LogP contribution in [-0.4, -0.2) is 19.1 Å². The quantitative estimate of drug-likeness (QED) is 0.799. The van der Waals surface area contributed by atoms with E-state index in [1.807, 2.05) is 62.2 Å². The van der Waals surface area contributed by atoms with Gasteiger partial charge in [-0.2, -0.15) is 5.10 Å². The lowest BCUT2D eigenvalue weighted by Crippen LogP contribution is -2.20. The molecule has 1 aromatic carbocycles. The second-order valence-electron chi connectivity index (χ2n) is 5.31. The third-order valence-electron chi connectivity index (χ3n) is 3.78. The number of aromatic nitrogens is 4. The van der Waals surface area contributed by atoms with Crippen molar-refractivity contribution < 1.29 is 0 Å². The van der Waals surface area contributed by atoms with Crippen molar-refractivity contribution in [2.24, 2.45) is 14.1 Å². The van der Waals surface area contributed by atoms with Crippen molar-refractivity contribution in [3.63, 3.8) is 0 Å². The molecule has 2 heterocycles. The Balaban J connectivity index is 1.94. The minimum Gasteiger partial charge on any atom is -0.375 e. The Labute approximate surface area is 128 Å². The van der Waals surface area contributed by atoms with Gasteiger partial charge in [0.2, 0.25) is 0 Å². The highest BCUT2D eigenvalue weighted by Gasteiger charge is 2.15. The smallest absolute Gasteiger partial charge is 0.295 e. The highest BCUT2D eigenvalue weighted by Crippen LogP contribution is 2.14. The van der Waals surface area contributed by atoms with Crippen LogP contribution in [0, 0.1) is 6.92 Å². The molecule has 0 unspecified atom stereocenters. The monoisotopic (exact) mass is 297 g/mol. The van der Waals surface area contributed by atoms with Gasteiger partial charge in [0.15, 0.2) is 0 Å². The minimum absolute atomic E-state index is 0.0462. The summed E-state index contributed by atoms with van der Waals surface area (Å²) in [6, 6.07) is 9.63. The van der Waals surface area contributed by atoms with E-state index in [0.29, 0.717) is 12.2 Å². The molecule has 0 aliphatic rings. The molecule has 0 atom stereocenters. The van der Waals surface area contributed by atoms with Crippen LogP contribution < -0.4 is 10.9 Å². The lowest BCUT2D eigenvalue weighted by atomic mass is 10.3. The highest BCUT2D eigenvalue weighted by atomic mass is 16.1. The maximum absolute atomic E-state index is 12.7. The molecule has 3 aromatic rings. The van der Waals surface area contributed by atoms with E-state index in [2.05, 4.69) is 10.4 Å². The van der Waals surface area contributed by atoms with Gasteiger partial charge in [-0.3, -0.25) is 14.2 Å². The third-order valence-corrected chi connectivity index (χ3v) is 3.78. The lowest BCUT2D eigenvalue weighted by molar-refractivity contribution is 0.630. The maximum Gasteiger partial charge on any atom is 0.295 e. The fourth-order valence-electron chi connectivity index (χ4n) is 2.53. The van der Waals surface area contributed by atoms with Gasteiger partial charge in [0.1, 0.15) is 5.69 Å². The second kappa shape index (κ2) is 5.55. The third kappa shape index (κ3) is 2.43. The SMILES string of the molecule is Cc1c(NCc2cnn(C)c2)c(=O)n(-c2ccccc2)n1C. The topological polar surface area (TPSA) is 56.8 Å². The molecule has 22 heavy (non-hydrogen) atoms. The van der Waals surface area contributed by atoms with Gasteiger partial charge in [0.25, 0.3) is 5.56 Å². The fourth-order valence-corrected chi connectivity index (χ4v) is 2.53. The Morgan fingerprint density at radius 1 is 1.18 bits per heavy atom. The molecular weight excluding hydrogens is 278 g/mol. The van der Waals surface area contributed by atoms with Crippen molar-refractivity contribution in [3.8, 4) is 5.69 Å². The molecule has 6 nitrogen and oxygen atoms in total. The summed E-state index contributed by atoms with van der Waals surface area (Å²) in [6.45, 7) is 2.51. The molecule has 1 N–H and O–H groups in total. The first-order valence-corrected chi connectivity index (χ1v) is 7.13. The van der Waals surface area contributed by atoms with Crippen LogP contribution in [0.15, 0.2) is 47.5 Å². The minimum atomic E-state index is -0.0462. The Kier molecular flexibility index (Phi) is 3.58. The Bertz CT molecular complexity index is 841. The fraction of sp³-hybridized carbons (Fsp3) is 0.250. The number of nitrogens with zero attached hydrogens (tertiary/aromatic N) is 4. The molecule has 6 heteroatoms. The molecule has 3 rings (SSSR count). The van der Waals surface area contributed by atoms with Crippen LogP contribution in [-0.2, 0) is 20.6 Å². The number of para-hydroxylation sites is 1.